The molecule has 0 spiro atoms. The summed E-state index contributed by atoms with van der Waals surface area (Å²) in [6, 6.07) is 10.9. The Morgan fingerprint density at radius 3 is 2.22 bits per heavy atom. The zero-order valence-corrected chi connectivity index (χ0v) is 25.3. The van der Waals surface area contributed by atoms with E-state index in [1.807, 2.05) is 0 Å². The molecule has 1 aliphatic rings. The predicted molar refractivity (Wildman–Crippen MR) is 158 cm³/mol. The Balaban J connectivity index is 1.72. The first-order valence-corrected chi connectivity index (χ1v) is 15.3. The summed E-state index contributed by atoms with van der Waals surface area (Å²) in [7, 11) is -4.63. The van der Waals surface area contributed by atoms with Gasteiger partial charge in [-0.15, -0.1) is 0 Å². The SMILES string of the molecule is CC(C)(C)OC(=O)C1CC(S(=O)(=O)c2ccccc2F)C(c2ccccc2F)N1C(=O)CNC(=O)Nc1cccc(C(=O)O)c1. The maximum absolute atomic E-state index is 15.3. The maximum Gasteiger partial charge on any atom is 0.335 e. The Kier molecular flexibility index (Phi) is 9.56. The van der Waals surface area contributed by atoms with Gasteiger partial charge < -0.3 is 25.4 Å². The average Bonchev–Trinajstić information content (AvgIpc) is 3.37. The molecule has 0 aromatic heterocycles. The van der Waals surface area contributed by atoms with Gasteiger partial charge in [0.25, 0.3) is 0 Å². The van der Waals surface area contributed by atoms with Crippen LogP contribution in [0.3, 0.4) is 0 Å². The summed E-state index contributed by atoms with van der Waals surface area (Å²) >= 11 is 0. The second kappa shape index (κ2) is 13.0. The number of carbonyl (C=O) groups is 4. The largest absolute Gasteiger partial charge is 0.478 e. The number of hydrogen-bond donors (Lipinski definition) is 3. The number of nitrogens with zero attached hydrogens (tertiary/aromatic N) is 1. The van der Waals surface area contributed by atoms with Crippen LogP contribution in [0.15, 0.2) is 77.7 Å². The van der Waals surface area contributed by atoms with Crippen molar-refractivity contribution in [3.8, 4) is 0 Å². The number of benzene rings is 3. The number of esters is 1. The molecular formula is C31H31F2N3O8S. The maximum atomic E-state index is 15.3. The van der Waals surface area contributed by atoms with Gasteiger partial charge in [0.1, 0.15) is 28.2 Å². The minimum absolute atomic E-state index is 0.101. The molecule has 0 bridgehead atoms. The second-order valence-electron chi connectivity index (χ2n) is 11.3. The molecule has 238 valence electrons. The molecule has 0 saturated carbocycles. The molecular weight excluding hydrogens is 612 g/mol. The standard InChI is InChI=1S/C31H31F2N3O8S/c1-31(2,3)44-29(40)23-16-25(45(42,43)24-14-7-6-13-22(24)33)27(20-11-4-5-12-21(20)32)36(23)26(37)17-34-30(41)35-19-10-8-9-18(15-19)28(38)39/h4-15,23,25,27H,16-17H2,1-3H3,(H,38,39)(H2,34,35,41). The van der Waals surface area contributed by atoms with E-state index in [9.17, 15) is 37.1 Å². The molecule has 3 atom stereocenters. The lowest BCUT2D eigenvalue weighted by atomic mass is 10.0. The van der Waals surface area contributed by atoms with E-state index >= 15 is 4.39 Å². The zero-order valence-electron chi connectivity index (χ0n) is 24.5. The highest BCUT2D eigenvalue weighted by Gasteiger charge is 2.54. The molecule has 3 N–H and O–H groups in total. The molecule has 3 aromatic carbocycles. The summed E-state index contributed by atoms with van der Waals surface area (Å²) in [5.41, 5.74) is -1.29. The Morgan fingerprint density at radius 2 is 1.60 bits per heavy atom. The van der Waals surface area contributed by atoms with Crippen LogP contribution in [0.5, 0.6) is 0 Å². The van der Waals surface area contributed by atoms with Crippen molar-refractivity contribution >= 4 is 39.4 Å². The third-order valence-electron chi connectivity index (χ3n) is 6.94. The van der Waals surface area contributed by atoms with Gasteiger partial charge in [-0.2, -0.15) is 0 Å². The lowest BCUT2D eigenvalue weighted by Crippen LogP contribution is -2.49. The van der Waals surface area contributed by atoms with Gasteiger partial charge in [-0.25, -0.2) is 31.6 Å². The third kappa shape index (κ3) is 7.45. The molecule has 3 aromatic rings. The van der Waals surface area contributed by atoms with Crippen LogP contribution in [0, 0.1) is 11.6 Å². The number of anilines is 1. The van der Waals surface area contributed by atoms with Crippen molar-refractivity contribution < 1.29 is 46.2 Å². The molecule has 1 aliphatic heterocycles. The molecule has 45 heavy (non-hydrogen) atoms. The highest BCUT2D eigenvalue weighted by Crippen LogP contribution is 2.44. The number of rotatable bonds is 8. The number of carboxylic acid groups (broad SMARTS) is 1. The van der Waals surface area contributed by atoms with Crippen molar-refractivity contribution in [1.82, 2.24) is 10.2 Å². The van der Waals surface area contributed by atoms with Crippen LogP contribution in [0.2, 0.25) is 0 Å². The Hall–Kier alpha value is -4.85. The second-order valence-corrected chi connectivity index (χ2v) is 13.4. The summed E-state index contributed by atoms with van der Waals surface area (Å²) in [4.78, 5) is 51.3. The normalized spacial score (nSPS) is 18.2. The molecule has 3 amide bonds. The first-order valence-electron chi connectivity index (χ1n) is 13.7. The van der Waals surface area contributed by atoms with E-state index < -0.39 is 86.1 Å². The van der Waals surface area contributed by atoms with Crippen LogP contribution in [-0.2, 0) is 24.2 Å². The number of nitrogens with one attached hydrogen (secondary N) is 2. The summed E-state index contributed by atoms with van der Waals surface area (Å²) in [6.07, 6.45) is -0.551. The fourth-order valence-corrected chi connectivity index (χ4v) is 7.08. The third-order valence-corrected chi connectivity index (χ3v) is 9.13. The van der Waals surface area contributed by atoms with Gasteiger partial charge in [0, 0.05) is 11.3 Å². The minimum atomic E-state index is -4.63. The zero-order chi connectivity index (χ0) is 33.1. The predicted octanol–water partition coefficient (Wildman–Crippen LogP) is 4.31. The molecule has 4 rings (SSSR count). The van der Waals surface area contributed by atoms with E-state index in [1.165, 1.54) is 54.6 Å². The summed E-state index contributed by atoms with van der Waals surface area (Å²) in [5.74, 6) is -5.09. The number of halogens is 2. The Bertz CT molecular complexity index is 1740. The smallest absolute Gasteiger partial charge is 0.335 e. The van der Waals surface area contributed by atoms with Crippen molar-refractivity contribution in [3.63, 3.8) is 0 Å². The number of likely N-dealkylation sites (tertiary alicyclic amines) is 1. The van der Waals surface area contributed by atoms with Gasteiger partial charge in [-0.1, -0.05) is 36.4 Å². The number of hydrogen-bond acceptors (Lipinski definition) is 7. The fourth-order valence-electron chi connectivity index (χ4n) is 5.10. The number of urea groups is 1. The van der Waals surface area contributed by atoms with Crippen LogP contribution in [-0.4, -0.2) is 65.7 Å². The van der Waals surface area contributed by atoms with Crippen LogP contribution in [0.4, 0.5) is 19.3 Å². The summed E-state index contributed by atoms with van der Waals surface area (Å²) < 4.78 is 63.5. The molecule has 0 aliphatic carbocycles. The molecule has 1 saturated heterocycles. The Labute approximate surface area is 258 Å². The summed E-state index contributed by atoms with van der Waals surface area (Å²) in [6.45, 7) is 3.93. The lowest BCUT2D eigenvalue weighted by Gasteiger charge is -2.32. The van der Waals surface area contributed by atoms with E-state index in [0.29, 0.717) is 0 Å². The van der Waals surface area contributed by atoms with E-state index in [2.05, 4.69) is 10.6 Å². The van der Waals surface area contributed by atoms with E-state index in [-0.39, 0.29) is 16.8 Å². The highest BCUT2D eigenvalue weighted by atomic mass is 32.2. The number of ether oxygens (including phenoxy) is 1. The summed E-state index contributed by atoms with van der Waals surface area (Å²) in [5, 5.41) is 12.2. The molecule has 1 fully saturated rings. The quantitative estimate of drug-likeness (QED) is 0.306. The topological polar surface area (TPSA) is 159 Å². The highest BCUT2D eigenvalue weighted by molar-refractivity contribution is 7.92. The van der Waals surface area contributed by atoms with Crippen LogP contribution in [0.25, 0.3) is 0 Å². The molecule has 1 heterocycles. The number of carboxylic acids is 1. The van der Waals surface area contributed by atoms with Gasteiger partial charge in [0.05, 0.1) is 23.4 Å². The first-order chi connectivity index (χ1) is 21.1. The van der Waals surface area contributed by atoms with Crippen molar-refractivity contribution in [2.24, 2.45) is 0 Å². The van der Waals surface area contributed by atoms with Crippen molar-refractivity contribution in [2.75, 3.05) is 11.9 Å². The number of carbonyl (C=O) groups excluding carboxylic acids is 3. The molecule has 14 heteroatoms. The van der Waals surface area contributed by atoms with Gasteiger partial charge in [0.2, 0.25) is 5.91 Å². The number of sulfone groups is 1. The fraction of sp³-hybridized carbons (Fsp3) is 0.290. The van der Waals surface area contributed by atoms with Gasteiger partial charge in [-0.3, -0.25) is 4.79 Å². The van der Waals surface area contributed by atoms with Gasteiger partial charge >= 0.3 is 18.0 Å². The van der Waals surface area contributed by atoms with E-state index in [4.69, 9.17) is 4.74 Å². The van der Waals surface area contributed by atoms with E-state index in [1.54, 1.807) is 20.8 Å². The van der Waals surface area contributed by atoms with E-state index in [0.717, 1.165) is 23.1 Å². The van der Waals surface area contributed by atoms with Gasteiger partial charge in [-0.05, 0) is 63.6 Å². The Morgan fingerprint density at radius 1 is 0.956 bits per heavy atom. The van der Waals surface area contributed by atoms with Crippen molar-refractivity contribution in [1.29, 1.82) is 0 Å². The first kappa shape index (κ1) is 33.1. The average molecular weight is 644 g/mol. The molecule has 3 unspecified atom stereocenters. The number of aromatic carboxylic acids is 1. The van der Waals surface area contributed by atoms with Crippen molar-refractivity contribution in [2.45, 2.75) is 55.0 Å². The molecule has 11 nitrogen and oxygen atoms in total. The lowest BCUT2D eigenvalue weighted by molar-refractivity contribution is -0.164. The number of amides is 3. The van der Waals surface area contributed by atoms with Crippen molar-refractivity contribution in [3.05, 3.63) is 95.6 Å². The molecule has 0 radical (unpaired) electrons. The monoisotopic (exact) mass is 643 g/mol. The van der Waals surface area contributed by atoms with Gasteiger partial charge in [0.15, 0.2) is 9.84 Å². The van der Waals surface area contributed by atoms with Crippen LogP contribution < -0.4 is 10.6 Å². The van der Waals surface area contributed by atoms with Crippen LogP contribution in [0.1, 0.15) is 49.2 Å². The van der Waals surface area contributed by atoms with Crippen LogP contribution >= 0.6 is 0 Å². The minimum Gasteiger partial charge on any atom is -0.478 e.